The summed E-state index contributed by atoms with van der Waals surface area (Å²) >= 11 is 4.88. The Bertz CT molecular complexity index is 218. The number of nitrogens with two attached hydrogens (primary N) is 1. The van der Waals surface area contributed by atoms with Crippen molar-refractivity contribution < 1.29 is 0 Å². The molecule has 1 rings (SSSR count). The van der Waals surface area contributed by atoms with Gasteiger partial charge in [0.05, 0.1) is 4.99 Å². The maximum atomic E-state index is 5.49. The predicted octanol–water partition coefficient (Wildman–Crippen LogP) is 2.95. The molecule has 0 aromatic carbocycles. The SMILES string of the molecule is CC1CCCCC1N(C)CCCCC(N)=S. The molecule has 1 fully saturated rings. The van der Waals surface area contributed by atoms with E-state index >= 15 is 0 Å². The molecule has 0 aromatic rings. The maximum absolute atomic E-state index is 5.49. The predicted molar refractivity (Wildman–Crippen MR) is 74.7 cm³/mol. The lowest BCUT2D eigenvalue weighted by Crippen LogP contribution is -2.39. The average molecular weight is 242 g/mol. The highest BCUT2D eigenvalue weighted by atomic mass is 32.1. The van der Waals surface area contributed by atoms with E-state index in [1.165, 1.54) is 38.6 Å². The monoisotopic (exact) mass is 242 g/mol. The first kappa shape index (κ1) is 13.9. The Morgan fingerprint density at radius 3 is 2.62 bits per heavy atom. The number of hydrogen-bond donors (Lipinski definition) is 1. The second kappa shape index (κ2) is 7.23. The van der Waals surface area contributed by atoms with Crippen molar-refractivity contribution in [2.75, 3.05) is 13.6 Å². The molecule has 3 heteroatoms. The minimum atomic E-state index is 0.661. The molecule has 2 atom stereocenters. The van der Waals surface area contributed by atoms with Gasteiger partial charge in [-0.15, -0.1) is 0 Å². The molecule has 16 heavy (non-hydrogen) atoms. The third kappa shape index (κ3) is 4.79. The van der Waals surface area contributed by atoms with Crippen LogP contribution in [0.3, 0.4) is 0 Å². The summed E-state index contributed by atoms with van der Waals surface area (Å²) in [5, 5.41) is 0. The molecule has 1 aliphatic carbocycles. The van der Waals surface area contributed by atoms with E-state index in [2.05, 4.69) is 18.9 Å². The number of hydrogen-bond acceptors (Lipinski definition) is 2. The summed E-state index contributed by atoms with van der Waals surface area (Å²) in [4.78, 5) is 3.21. The molecule has 0 saturated heterocycles. The van der Waals surface area contributed by atoms with Gasteiger partial charge in [-0.2, -0.15) is 0 Å². The highest BCUT2D eigenvalue weighted by Gasteiger charge is 2.24. The molecule has 0 aliphatic heterocycles. The van der Waals surface area contributed by atoms with E-state index in [1.807, 2.05) is 0 Å². The molecule has 0 spiro atoms. The Labute approximate surface area is 106 Å². The number of unbranched alkanes of at least 4 members (excludes halogenated alkanes) is 1. The Kier molecular flexibility index (Phi) is 6.29. The van der Waals surface area contributed by atoms with Gasteiger partial charge in [-0.1, -0.05) is 32.0 Å². The highest BCUT2D eigenvalue weighted by molar-refractivity contribution is 7.80. The molecular weight excluding hydrogens is 216 g/mol. The largest absolute Gasteiger partial charge is 0.393 e. The van der Waals surface area contributed by atoms with Crippen molar-refractivity contribution in [3.05, 3.63) is 0 Å². The zero-order valence-corrected chi connectivity index (χ0v) is 11.6. The summed E-state index contributed by atoms with van der Waals surface area (Å²) in [5.74, 6) is 0.870. The lowest BCUT2D eigenvalue weighted by molar-refractivity contribution is 0.138. The van der Waals surface area contributed by atoms with Gasteiger partial charge in [0, 0.05) is 6.04 Å². The molecule has 0 radical (unpaired) electrons. The Hall–Kier alpha value is -0.150. The summed E-state index contributed by atoms with van der Waals surface area (Å²) in [6.07, 6.45) is 8.88. The second-order valence-electron chi connectivity index (χ2n) is 5.23. The van der Waals surface area contributed by atoms with Crippen LogP contribution in [-0.4, -0.2) is 29.5 Å². The Balaban J connectivity index is 2.17. The molecule has 0 heterocycles. The summed E-state index contributed by atoms with van der Waals surface area (Å²) < 4.78 is 0. The molecule has 0 aromatic heterocycles. The van der Waals surface area contributed by atoms with Crippen LogP contribution in [-0.2, 0) is 0 Å². The van der Waals surface area contributed by atoms with Crippen molar-refractivity contribution in [3.63, 3.8) is 0 Å². The van der Waals surface area contributed by atoms with Crippen LogP contribution in [0.25, 0.3) is 0 Å². The quantitative estimate of drug-likeness (QED) is 0.573. The summed E-state index contributed by atoms with van der Waals surface area (Å²) in [7, 11) is 2.27. The van der Waals surface area contributed by atoms with Gasteiger partial charge >= 0.3 is 0 Å². The normalized spacial score (nSPS) is 25.9. The van der Waals surface area contributed by atoms with Crippen LogP contribution in [0.4, 0.5) is 0 Å². The fourth-order valence-corrected chi connectivity index (χ4v) is 2.92. The second-order valence-corrected chi connectivity index (χ2v) is 5.76. The van der Waals surface area contributed by atoms with Gasteiger partial charge in [-0.3, -0.25) is 0 Å². The fourth-order valence-electron chi connectivity index (χ4n) is 2.78. The van der Waals surface area contributed by atoms with Gasteiger partial charge in [-0.05, 0) is 51.6 Å². The van der Waals surface area contributed by atoms with Gasteiger partial charge in [0.1, 0.15) is 0 Å². The standard InChI is InChI=1S/C13H26N2S/c1-11-7-3-4-8-12(11)15(2)10-6-5-9-13(14)16/h11-12H,3-10H2,1-2H3,(H2,14,16). The van der Waals surface area contributed by atoms with E-state index in [1.54, 1.807) is 0 Å². The Morgan fingerprint density at radius 1 is 1.31 bits per heavy atom. The van der Waals surface area contributed by atoms with Crippen molar-refractivity contribution in [3.8, 4) is 0 Å². The van der Waals surface area contributed by atoms with E-state index in [0.29, 0.717) is 4.99 Å². The van der Waals surface area contributed by atoms with Crippen LogP contribution in [0, 0.1) is 5.92 Å². The summed E-state index contributed by atoms with van der Waals surface area (Å²) in [6, 6.07) is 0.804. The molecule has 1 saturated carbocycles. The van der Waals surface area contributed by atoms with E-state index < -0.39 is 0 Å². The van der Waals surface area contributed by atoms with Crippen molar-refractivity contribution in [1.29, 1.82) is 0 Å². The van der Waals surface area contributed by atoms with Crippen molar-refractivity contribution in [2.45, 2.75) is 57.9 Å². The van der Waals surface area contributed by atoms with Crippen molar-refractivity contribution >= 4 is 17.2 Å². The highest BCUT2D eigenvalue weighted by Crippen LogP contribution is 2.27. The van der Waals surface area contributed by atoms with Crippen LogP contribution >= 0.6 is 12.2 Å². The maximum Gasteiger partial charge on any atom is 0.0727 e. The van der Waals surface area contributed by atoms with Crippen LogP contribution in [0.2, 0.25) is 0 Å². The third-order valence-electron chi connectivity index (χ3n) is 3.82. The molecule has 2 unspecified atom stereocenters. The van der Waals surface area contributed by atoms with Crippen LogP contribution < -0.4 is 5.73 Å². The molecule has 94 valence electrons. The lowest BCUT2D eigenvalue weighted by atomic mass is 9.85. The molecule has 2 N–H and O–H groups in total. The molecule has 0 bridgehead atoms. The summed E-state index contributed by atoms with van der Waals surface area (Å²) in [5.41, 5.74) is 5.49. The molecule has 1 aliphatic rings. The zero-order chi connectivity index (χ0) is 12.0. The van der Waals surface area contributed by atoms with Crippen molar-refractivity contribution in [1.82, 2.24) is 4.90 Å². The van der Waals surface area contributed by atoms with Gasteiger partial charge in [0.15, 0.2) is 0 Å². The zero-order valence-electron chi connectivity index (χ0n) is 10.7. The minimum Gasteiger partial charge on any atom is -0.393 e. The number of nitrogens with zero attached hydrogens (tertiary/aromatic N) is 1. The van der Waals surface area contributed by atoms with Gasteiger partial charge in [0.2, 0.25) is 0 Å². The van der Waals surface area contributed by atoms with Crippen LogP contribution in [0.5, 0.6) is 0 Å². The third-order valence-corrected chi connectivity index (χ3v) is 4.02. The number of thiocarbonyl (C=S) groups is 1. The fraction of sp³-hybridized carbons (Fsp3) is 0.923. The van der Waals surface area contributed by atoms with E-state index in [4.69, 9.17) is 18.0 Å². The van der Waals surface area contributed by atoms with E-state index in [9.17, 15) is 0 Å². The van der Waals surface area contributed by atoms with Gasteiger partial charge in [-0.25, -0.2) is 0 Å². The number of rotatable bonds is 6. The summed E-state index contributed by atoms with van der Waals surface area (Å²) in [6.45, 7) is 3.59. The average Bonchev–Trinajstić information content (AvgIpc) is 2.24. The lowest BCUT2D eigenvalue weighted by Gasteiger charge is -2.36. The topological polar surface area (TPSA) is 29.3 Å². The van der Waals surface area contributed by atoms with Crippen LogP contribution in [0.1, 0.15) is 51.9 Å². The first-order chi connectivity index (χ1) is 7.61. The molecular formula is C13H26N2S. The first-order valence-electron chi connectivity index (χ1n) is 6.60. The minimum absolute atomic E-state index is 0.661. The van der Waals surface area contributed by atoms with E-state index in [-0.39, 0.29) is 0 Å². The van der Waals surface area contributed by atoms with Gasteiger partial charge in [0.25, 0.3) is 0 Å². The first-order valence-corrected chi connectivity index (χ1v) is 7.00. The molecule has 0 amide bonds. The van der Waals surface area contributed by atoms with Crippen molar-refractivity contribution in [2.24, 2.45) is 11.7 Å². The van der Waals surface area contributed by atoms with Gasteiger partial charge < -0.3 is 10.6 Å². The smallest absolute Gasteiger partial charge is 0.0727 e. The van der Waals surface area contributed by atoms with E-state index in [0.717, 1.165) is 24.8 Å². The Morgan fingerprint density at radius 2 is 2.00 bits per heavy atom. The molecule has 2 nitrogen and oxygen atoms in total. The van der Waals surface area contributed by atoms with Crippen LogP contribution in [0.15, 0.2) is 0 Å².